The van der Waals surface area contributed by atoms with Gasteiger partial charge < -0.3 is 19.7 Å². The number of anilines is 1. The molecule has 1 fully saturated rings. The van der Waals surface area contributed by atoms with E-state index in [1.54, 1.807) is 0 Å². The van der Waals surface area contributed by atoms with Gasteiger partial charge in [-0.05, 0) is 38.8 Å². The standard InChI is InChI=1S/C18H26N2O3/c1-18(2,3)23-17(21)20-8-9-22-12-14(20)10-13-11-19-16-7-5-4-6-15(13)16/h4-7,13-14,19H,8-12H2,1-3H3. The van der Waals surface area contributed by atoms with E-state index in [0.29, 0.717) is 25.7 Å². The molecule has 1 N–H and O–H groups in total. The second kappa shape index (κ2) is 6.40. The molecule has 0 aromatic heterocycles. The van der Waals surface area contributed by atoms with E-state index in [1.807, 2.05) is 31.7 Å². The van der Waals surface area contributed by atoms with Gasteiger partial charge in [-0.1, -0.05) is 18.2 Å². The summed E-state index contributed by atoms with van der Waals surface area (Å²) < 4.78 is 11.2. The van der Waals surface area contributed by atoms with E-state index in [-0.39, 0.29) is 12.1 Å². The molecule has 126 valence electrons. The molecule has 3 rings (SSSR count). The highest BCUT2D eigenvalue weighted by atomic mass is 16.6. The number of nitrogens with one attached hydrogen (secondary N) is 1. The monoisotopic (exact) mass is 318 g/mol. The first-order valence-electron chi connectivity index (χ1n) is 8.34. The Morgan fingerprint density at radius 3 is 2.96 bits per heavy atom. The van der Waals surface area contributed by atoms with Crippen molar-refractivity contribution in [2.24, 2.45) is 0 Å². The summed E-state index contributed by atoms with van der Waals surface area (Å²) in [6.07, 6.45) is 0.661. The molecule has 2 heterocycles. The Morgan fingerprint density at radius 2 is 2.17 bits per heavy atom. The number of amides is 1. The van der Waals surface area contributed by atoms with Crippen LogP contribution in [0.1, 0.15) is 38.7 Å². The van der Waals surface area contributed by atoms with E-state index >= 15 is 0 Å². The SMILES string of the molecule is CC(C)(C)OC(=O)N1CCOCC1CC1CNc2ccccc21. The molecular formula is C18H26N2O3. The fraction of sp³-hybridized carbons (Fsp3) is 0.611. The van der Waals surface area contributed by atoms with E-state index in [2.05, 4.69) is 23.5 Å². The summed E-state index contributed by atoms with van der Waals surface area (Å²) in [6, 6.07) is 8.46. The lowest BCUT2D eigenvalue weighted by Crippen LogP contribution is -2.50. The number of hydrogen-bond donors (Lipinski definition) is 1. The number of para-hydroxylation sites is 1. The average Bonchev–Trinajstić information content (AvgIpc) is 2.89. The Labute approximate surface area is 137 Å². The van der Waals surface area contributed by atoms with Crippen molar-refractivity contribution in [2.75, 3.05) is 31.6 Å². The Bertz CT molecular complexity index is 568. The quantitative estimate of drug-likeness (QED) is 0.909. The molecule has 0 aliphatic carbocycles. The molecule has 5 nitrogen and oxygen atoms in total. The average molecular weight is 318 g/mol. The van der Waals surface area contributed by atoms with Gasteiger partial charge in [0.1, 0.15) is 5.60 Å². The maximum atomic E-state index is 12.5. The zero-order valence-corrected chi connectivity index (χ0v) is 14.2. The third-order valence-corrected chi connectivity index (χ3v) is 4.35. The summed E-state index contributed by atoms with van der Waals surface area (Å²) >= 11 is 0. The van der Waals surface area contributed by atoms with Crippen LogP contribution in [0.5, 0.6) is 0 Å². The van der Waals surface area contributed by atoms with Crippen molar-refractivity contribution < 1.29 is 14.3 Å². The van der Waals surface area contributed by atoms with E-state index < -0.39 is 5.60 Å². The lowest BCUT2D eigenvalue weighted by atomic mass is 9.93. The number of carbonyl (C=O) groups excluding carboxylic acids is 1. The van der Waals surface area contributed by atoms with Gasteiger partial charge >= 0.3 is 6.09 Å². The largest absolute Gasteiger partial charge is 0.444 e. The van der Waals surface area contributed by atoms with Gasteiger partial charge in [0.25, 0.3) is 0 Å². The van der Waals surface area contributed by atoms with Crippen LogP contribution in [-0.2, 0) is 9.47 Å². The minimum absolute atomic E-state index is 0.0663. The number of fused-ring (bicyclic) bond motifs is 1. The van der Waals surface area contributed by atoms with Crippen LogP contribution >= 0.6 is 0 Å². The van der Waals surface area contributed by atoms with Crippen LogP contribution in [0.15, 0.2) is 24.3 Å². The molecule has 0 bridgehead atoms. The number of rotatable bonds is 2. The van der Waals surface area contributed by atoms with Crippen molar-refractivity contribution in [3.8, 4) is 0 Å². The second-order valence-electron chi connectivity index (χ2n) is 7.30. The van der Waals surface area contributed by atoms with Gasteiger partial charge in [-0.15, -0.1) is 0 Å². The second-order valence-corrected chi connectivity index (χ2v) is 7.30. The molecular weight excluding hydrogens is 292 g/mol. The van der Waals surface area contributed by atoms with E-state index in [9.17, 15) is 4.79 Å². The Morgan fingerprint density at radius 1 is 1.39 bits per heavy atom. The van der Waals surface area contributed by atoms with Crippen molar-refractivity contribution in [1.29, 1.82) is 0 Å². The lowest BCUT2D eigenvalue weighted by molar-refractivity contribution is -0.0350. The molecule has 0 radical (unpaired) electrons. The first kappa shape index (κ1) is 16.1. The predicted molar refractivity (Wildman–Crippen MR) is 89.8 cm³/mol. The topological polar surface area (TPSA) is 50.8 Å². The fourth-order valence-electron chi connectivity index (χ4n) is 3.31. The Kier molecular flexibility index (Phi) is 4.48. The predicted octanol–water partition coefficient (Wildman–Crippen LogP) is 3.22. The molecule has 23 heavy (non-hydrogen) atoms. The maximum absolute atomic E-state index is 12.5. The first-order valence-corrected chi connectivity index (χ1v) is 8.34. The third-order valence-electron chi connectivity index (χ3n) is 4.35. The van der Waals surface area contributed by atoms with Crippen LogP contribution in [-0.4, -0.2) is 48.9 Å². The number of hydrogen-bond acceptors (Lipinski definition) is 4. The maximum Gasteiger partial charge on any atom is 0.410 e. The van der Waals surface area contributed by atoms with Gasteiger partial charge in [0, 0.05) is 24.7 Å². The molecule has 5 heteroatoms. The summed E-state index contributed by atoms with van der Waals surface area (Å²) in [5.41, 5.74) is 2.07. The molecule has 0 saturated carbocycles. The Hall–Kier alpha value is -1.75. The van der Waals surface area contributed by atoms with Crippen LogP contribution < -0.4 is 5.32 Å². The van der Waals surface area contributed by atoms with Crippen molar-refractivity contribution in [3.63, 3.8) is 0 Å². The van der Waals surface area contributed by atoms with Gasteiger partial charge in [0.2, 0.25) is 0 Å². The smallest absolute Gasteiger partial charge is 0.410 e. The van der Waals surface area contributed by atoms with Crippen molar-refractivity contribution in [2.45, 2.75) is 44.8 Å². The number of benzene rings is 1. The summed E-state index contributed by atoms with van der Waals surface area (Å²) in [7, 11) is 0. The zero-order chi connectivity index (χ0) is 16.4. The molecule has 2 atom stereocenters. The van der Waals surface area contributed by atoms with Gasteiger partial charge in [-0.25, -0.2) is 4.79 Å². The summed E-state index contributed by atoms with van der Waals surface area (Å²) in [6.45, 7) is 8.37. The van der Waals surface area contributed by atoms with Crippen LogP contribution in [0.2, 0.25) is 0 Å². The van der Waals surface area contributed by atoms with Crippen molar-refractivity contribution in [3.05, 3.63) is 29.8 Å². The molecule has 1 aromatic carbocycles. The van der Waals surface area contributed by atoms with E-state index in [1.165, 1.54) is 11.3 Å². The minimum atomic E-state index is -0.471. The normalized spacial score (nSPS) is 24.0. The van der Waals surface area contributed by atoms with Gasteiger partial charge in [-0.3, -0.25) is 0 Å². The molecule has 0 spiro atoms. The summed E-state index contributed by atoms with van der Waals surface area (Å²) in [5.74, 6) is 0.405. The highest BCUT2D eigenvalue weighted by Gasteiger charge is 2.34. The number of morpholine rings is 1. The zero-order valence-electron chi connectivity index (χ0n) is 14.2. The highest BCUT2D eigenvalue weighted by molar-refractivity contribution is 5.68. The Balaban J connectivity index is 1.69. The van der Waals surface area contributed by atoms with E-state index in [0.717, 1.165) is 13.0 Å². The summed E-state index contributed by atoms with van der Waals surface area (Å²) in [4.78, 5) is 14.3. The van der Waals surface area contributed by atoms with E-state index in [4.69, 9.17) is 9.47 Å². The van der Waals surface area contributed by atoms with Crippen LogP contribution in [0.25, 0.3) is 0 Å². The van der Waals surface area contributed by atoms with Crippen molar-refractivity contribution >= 4 is 11.8 Å². The molecule has 1 amide bonds. The number of ether oxygens (including phenoxy) is 2. The number of nitrogens with zero attached hydrogens (tertiary/aromatic N) is 1. The first-order chi connectivity index (χ1) is 10.9. The fourth-order valence-corrected chi connectivity index (χ4v) is 3.31. The third kappa shape index (κ3) is 3.78. The van der Waals surface area contributed by atoms with Gasteiger partial charge in [0.05, 0.1) is 19.3 Å². The van der Waals surface area contributed by atoms with Gasteiger partial charge in [0.15, 0.2) is 0 Å². The number of carbonyl (C=O) groups is 1. The van der Waals surface area contributed by atoms with Gasteiger partial charge in [-0.2, -0.15) is 0 Å². The molecule has 2 aliphatic heterocycles. The molecule has 2 unspecified atom stereocenters. The molecule has 1 saturated heterocycles. The highest BCUT2D eigenvalue weighted by Crippen LogP contribution is 2.35. The minimum Gasteiger partial charge on any atom is -0.444 e. The molecule has 1 aromatic rings. The lowest BCUT2D eigenvalue weighted by Gasteiger charge is -2.37. The van der Waals surface area contributed by atoms with Crippen LogP contribution in [0.4, 0.5) is 10.5 Å². The molecule has 2 aliphatic rings. The summed E-state index contributed by atoms with van der Waals surface area (Å²) in [5, 5.41) is 3.45. The van der Waals surface area contributed by atoms with Crippen LogP contribution in [0, 0.1) is 0 Å². The van der Waals surface area contributed by atoms with Crippen LogP contribution in [0.3, 0.4) is 0 Å². The van der Waals surface area contributed by atoms with Crippen molar-refractivity contribution in [1.82, 2.24) is 4.90 Å².